The molecule has 0 saturated heterocycles. The van der Waals surface area contributed by atoms with Crippen molar-refractivity contribution in [3.63, 3.8) is 0 Å². The summed E-state index contributed by atoms with van der Waals surface area (Å²) in [7, 11) is 1.55. The number of carbonyl (C=O) groups excluding carboxylic acids is 2. The number of hydrogen-bond acceptors (Lipinski definition) is 4. The summed E-state index contributed by atoms with van der Waals surface area (Å²) in [6.45, 7) is 4.03. The van der Waals surface area contributed by atoms with Gasteiger partial charge in [0.2, 0.25) is 0 Å². The molecule has 0 spiro atoms. The lowest BCUT2D eigenvalue weighted by molar-refractivity contribution is 0.0501. The Morgan fingerprint density at radius 3 is 2.54 bits per heavy atom. The number of hydrogen-bond donors (Lipinski definition) is 2. The number of benzene rings is 1. The van der Waals surface area contributed by atoms with E-state index < -0.39 is 0 Å². The predicted molar refractivity (Wildman–Crippen MR) is 90.6 cm³/mol. The van der Waals surface area contributed by atoms with Gasteiger partial charge >= 0.3 is 0 Å². The number of aryl methyl sites for hydroxylation is 2. The molecule has 2 aromatic rings. The Kier molecular flexibility index (Phi) is 5.95. The van der Waals surface area contributed by atoms with Crippen molar-refractivity contribution in [1.82, 2.24) is 10.3 Å². The van der Waals surface area contributed by atoms with Gasteiger partial charge in [-0.2, -0.15) is 0 Å². The molecule has 0 radical (unpaired) electrons. The van der Waals surface area contributed by atoms with Gasteiger partial charge in [-0.1, -0.05) is 0 Å². The lowest BCUT2D eigenvalue weighted by Gasteiger charge is -2.14. The second-order valence-electron chi connectivity index (χ2n) is 5.34. The number of carbonyl (C=O) groups is 1. The van der Waals surface area contributed by atoms with Gasteiger partial charge < -0.3 is 19.8 Å². The van der Waals surface area contributed by atoms with Crippen molar-refractivity contribution in [2.75, 3.05) is 20.4 Å². The topological polar surface area (TPSA) is 80.4 Å². The number of amides is 1. The molecule has 0 fully saturated rings. The molecule has 1 aromatic carbocycles. The quantitative estimate of drug-likeness (QED) is 0.603. The highest BCUT2D eigenvalue weighted by Gasteiger charge is 2.12. The minimum absolute atomic E-state index is 0.0957. The van der Waals surface area contributed by atoms with Gasteiger partial charge in [0, 0.05) is 13.3 Å². The van der Waals surface area contributed by atoms with Gasteiger partial charge in [-0.25, -0.2) is 4.79 Å². The van der Waals surface area contributed by atoms with Crippen molar-refractivity contribution in [2.24, 2.45) is 0 Å². The zero-order valence-corrected chi connectivity index (χ0v) is 13.9. The third-order valence-electron chi connectivity index (χ3n) is 3.52. The molecule has 1 amide bonds. The van der Waals surface area contributed by atoms with Crippen LogP contribution in [0.1, 0.15) is 27.2 Å². The van der Waals surface area contributed by atoms with Crippen LogP contribution < -0.4 is 10.1 Å². The maximum atomic E-state index is 11.9. The fourth-order valence-electron chi connectivity index (χ4n) is 2.40. The number of methoxy groups -OCH3 is 1. The summed E-state index contributed by atoms with van der Waals surface area (Å²) in [6, 6.07) is 7.06. The number of rotatable bonds is 7. The van der Waals surface area contributed by atoms with E-state index in [0.29, 0.717) is 16.8 Å². The van der Waals surface area contributed by atoms with E-state index in [9.17, 15) is 9.59 Å². The average Bonchev–Trinajstić information content (AvgIpc) is 3.09. The largest absolute Gasteiger partial charge is 0.467 e. The van der Waals surface area contributed by atoms with Crippen LogP contribution in [-0.2, 0) is 9.53 Å². The first-order valence-electron chi connectivity index (χ1n) is 7.45. The SMILES string of the molecule is COCOc1c(C)cc(C(=C=O)CNC(=O)c2ccc[nH]2)cc1C. The highest BCUT2D eigenvalue weighted by atomic mass is 16.7. The Bertz CT molecular complexity index is 736. The van der Waals surface area contributed by atoms with Crippen molar-refractivity contribution in [3.8, 4) is 5.75 Å². The monoisotopic (exact) mass is 328 g/mol. The van der Waals surface area contributed by atoms with E-state index in [1.807, 2.05) is 31.9 Å². The highest BCUT2D eigenvalue weighted by molar-refractivity contribution is 5.96. The molecule has 0 aliphatic rings. The Morgan fingerprint density at radius 1 is 1.29 bits per heavy atom. The first-order valence-corrected chi connectivity index (χ1v) is 7.45. The lowest BCUT2D eigenvalue weighted by Crippen LogP contribution is -2.25. The average molecular weight is 328 g/mol. The van der Waals surface area contributed by atoms with E-state index in [-0.39, 0.29) is 19.2 Å². The minimum Gasteiger partial charge on any atom is -0.467 e. The molecule has 126 valence electrons. The standard InChI is InChI=1S/C18H20N2O4/c1-12-7-14(8-13(2)17(12)24-11-23-3)15(10-21)9-20-18(22)16-5-4-6-19-16/h4-8,19H,9,11H2,1-3H3,(H,20,22). The van der Waals surface area contributed by atoms with Crippen molar-refractivity contribution in [3.05, 3.63) is 52.8 Å². The Labute approximate surface area is 140 Å². The van der Waals surface area contributed by atoms with Crippen LogP contribution in [0, 0.1) is 13.8 Å². The Balaban J connectivity index is 2.13. The van der Waals surface area contributed by atoms with Crippen molar-refractivity contribution < 1.29 is 19.1 Å². The summed E-state index contributed by atoms with van der Waals surface area (Å²) >= 11 is 0. The van der Waals surface area contributed by atoms with Crippen LogP contribution in [0.4, 0.5) is 0 Å². The number of H-pyrrole nitrogens is 1. The van der Waals surface area contributed by atoms with Crippen LogP contribution in [0.3, 0.4) is 0 Å². The zero-order valence-electron chi connectivity index (χ0n) is 13.9. The summed E-state index contributed by atoms with van der Waals surface area (Å²) in [6.07, 6.45) is 1.66. The first-order chi connectivity index (χ1) is 11.6. The molecule has 6 heteroatoms. The van der Waals surface area contributed by atoms with Gasteiger partial charge in [0.05, 0.1) is 12.1 Å². The summed E-state index contributed by atoms with van der Waals surface area (Å²) in [4.78, 5) is 26.1. The van der Waals surface area contributed by atoms with Crippen LogP contribution in [0.5, 0.6) is 5.75 Å². The molecular formula is C18H20N2O4. The van der Waals surface area contributed by atoms with Gasteiger partial charge in [0.15, 0.2) is 6.79 Å². The maximum Gasteiger partial charge on any atom is 0.267 e. The summed E-state index contributed by atoms with van der Waals surface area (Å²) in [5.74, 6) is 2.36. The predicted octanol–water partition coefficient (Wildman–Crippen LogP) is 2.26. The third kappa shape index (κ3) is 4.13. The Hall–Kier alpha value is -2.82. The fourth-order valence-corrected chi connectivity index (χ4v) is 2.40. The lowest BCUT2D eigenvalue weighted by atomic mass is 10.0. The molecule has 0 bridgehead atoms. The molecule has 0 aliphatic heterocycles. The molecule has 0 aliphatic carbocycles. The molecular weight excluding hydrogens is 308 g/mol. The van der Waals surface area contributed by atoms with Crippen LogP contribution in [-0.4, -0.2) is 37.3 Å². The van der Waals surface area contributed by atoms with Crippen molar-refractivity contribution in [1.29, 1.82) is 0 Å². The summed E-state index contributed by atoms with van der Waals surface area (Å²) < 4.78 is 10.4. The molecule has 2 N–H and O–H groups in total. The van der Waals surface area contributed by atoms with Gasteiger partial charge in [0.25, 0.3) is 5.91 Å². The van der Waals surface area contributed by atoms with Gasteiger partial charge in [-0.05, 0) is 54.8 Å². The van der Waals surface area contributed by atoms with E-state index in [4.69, 9.17) is 9.47 Å². The molecule has 0 saturated carbocycles. The zero-order chi connectivity index (χ0) is 17.5. The van der Waals surface area contributed by atoms with Gasteiger partial charge in [0.1, 0.15) is 17.4 Å². The number of aromatic amines is 1. The smallest absolute Gasteiger partial charge is 0.267 e. The molecule has 0 atom stereocenters. The minimum atomic E-state index is -0.277. The van der Waals surface area contributed by atoms with E-state index >= 15 is 0 Å². The third-order valence-corrected chi connectivity index (χ3v) is 3.52. The molecule has 2 rings (SSSR count). The first kappa shape index (κ1) is 17.5. The van der Waals surface area contributed by atoms with E-state index in [1.54, 1.807) is 25.4 Å². The second-order valence-corrected chi connectivity index (χ2v) is 5.34. The van der Waals surface area contributed by atoms with E-state index in [2.05, 4.69) is 10.3 Å². The molecule has 6 nitrogen and oxygen atoms in total. The molecule has 1 heterocycles. The molecule has 0 unspecified atom stereocenters. The maximum absolute atomic E-state index is 11.9. The van der Waals surface area contributed by atoms with Gasteiger partial charge in [-0.3, -0.25) is 4.79 Å². The van der Waals surface area contributed by atoms with E-state index in [1.165, 1.54) is 0 Å². The van der Waals surface area contributed by atoms with E-state index in [0.717, 1.165) is 16.9 Å². The molecule has 24 heavy (non-hydrogen) atoms. The highest BCUT2D eigenvalue weighted by Crippen LogP contribution is 2.27. The summed E-state index contributed by atoms with van der Waals surface area (Å²) in [5.41, 5.74) is 3.28. The van der Waals surface area contributed by atoms with Crippen molar-refractivity contribution in [2.45, 2.75) is 13.8 Å². The molecule has 1 aromatic heterocycles. The normalized spacial score (nSPS) is 10.1. The summed E-state index contributed by atoms with van der Waals surface area (Å²) in [5, 5.41) is 2.70. The van der Waals surface area contributed by atoms with Crippen LogP contribution in [0.15, 0.2) is 30.5 Å². The number of aromatic nitrogens is 1. The van der Waals surface area contributed by atoms with Crippen LogP contribution in [0.25, 0.3) is 5.57 Å². The van der Waals surface area contributed by atoms with Crippen LogP contribution >= 0.6 is 0 Å². The van der Waals surface area contributed by atoms with Gasteiger partial charge in [-0.15, -0.1) is 0 Å². The second kappa shape index (κ2) is 8.15. The fraction of sp³-hybridized carbons (Fsp3) is 0.278. The van der Waals surface area contributed by atoms with Crippen molar-refractivity contribution >= 4 is 17.4 Å². The number of nitrogens with one attached hydrogen (secondary N) is 2. The van der Waals surface area contributed by atoms with Crippen LogP contribution in [0.2, 0.25) is 0 Å². The Morgan fingerprint density at radius 2 is 2.00 bits per heavy atom. The number of ether oxygens (including phenoxy) is 2.